The number of carbonyl (C=O) groups excluding carboxylic acids is 1. The number of thioether (sulfide) groups is 1. The lowest BCUT2D eigenvalue weighted by atomic mass is 10.1. The second kappa shape index (κ2) is 9.36. The maximum absolute atomic E-state index is 12.6. The lowest BCUT2D eigenvalue weighted by molar-refractivity contribution is -0.113. The highest BCUT2D eigenvalue weighted by Crippen LogP contribution is 2.31. The van der Waals surface area contributed by atoms with Crippen LogP contribution >= 0.6 is 23.1 Å². The molecule has 0 spiro atoms. The van der Waals surface area contributed by atoms with E-state index in [0.29, 0.717) is 5.16 Å². The number of thiazole rings is 1. The molecule has 0 unspecified atom stereocenters. The number of tetrazole rings is 1. The third kappa shape index (κ3) is 4.71. The number of nitrogens with zero attached hydrogens (tertiary/aromatic N) is 5. The predicted octanol–water partition coefficient (Wildman–Crippen LogP) is 5.60. The Morgan fingerprint density at radius 2 is 1.76 bits per heavy atom. The standard InChI is InChI=1S/C25H22N6OS2/c1-15-5-11-21(17(3)12-15)31-25(28-29-30-31)33-14-23(32)26-19-8-6-18(7-9-19)24-27-20-10-4-16(2)13-22(20)34-24/h4-13H,14H2,1-3H3,(H,26,32). The number of fused-ring (bicyclic) bond motifs is 1. The Morgan fingerprint density at radius 1 is 1.00 bits per heavy atom. The molecule has 0 fully saturated rings. The zero-order chi connectivity index (χ0) is 23.7. The van der Waals surface area contributed by atoms with Crippen molar-refractivity contribution < 1.29 is 4.79 Å². The van der Waals surface area contributed by atoms with E-state index in [-0.39, 0.29) is 11.7 Å². The number of carbonyl (C=O) groups is 1. The third-order valence-electron chi connectivity index (χ3n) is 5.31. The van der Waals surface area contributed by atoms with Crippen molar-refractivity contribution in [2.24, 2.45) is 0 Å². The minimum atomic E-state index is -0.122. The van der Waals surface area contributed by atoms with Gasteiger partial charge in [-0.05, 0) is 84.8 Å². The second-order valence-corrected chi connectivity index (χ2v) is 10.0. The van der Waals surface area contributed by atoms with Crippen LogP contribution in [0.2, 0.25) is 0 Å². The second-order valence-electron chi connectivity index (χ2n) is 8.07. The molecular weight excluding hydrogens is 464 g/mol. The van der Waals surface area contributed by atoms with E-state index < -0.39 is 0 Å². The van der Waals surface area contributed by atoms with Crippen LogP contribution in [0.3, 0.4) is 0 Å². The molecule has 0 atom stereocenters. The molecular formula is C25H22N6OS2. The van der Waals surface area contributed by atoms with Crippen molar-refractivity contribution in [1.29, 1.82) is 0 Å². The molecule has 34 heavy (non-hydrogen) atoms. The smallest absolute Gasteiger partial charge is 0.234 e. The Bertz CT molecular complexity index is 1490. The Morgan fingerprint density at radius 3 is 2.56 bits per heavy atom. The van der Waals surface area contributed by atoms with Crippen LogP contribution in [0.15, 0.2) is 65.8 Å². The first-order valence-electron chi connectivity index (χ1n) is 10.7. The molecule has 3 aromatic carbocycles. The van der Waals surface area contributed by atoms with Crippen molar-refractivity contribution in [3.8, 4) is 16.3 Å². The van der Waals surface area contributed by atoms with Gasteiger partial charge < -0.3 is 5.32 Å². The number of aromatic nitrogens is 5. The predicted molar refractivity (Wildman–Crippen MR) is 138 cm³/mol. The molecule has 5 rings (SSSR count). The van der Waals surface area contributed by atoms with E-state index in [1.54, 1.807) is 16.0 Å². The SMILES string of the molecule is Cc1ccc(-n2nnnc2SCC(=O)Nc2ccc(-c3nc4ccc(C)cc4s3)cc2)c(C)c1. The van der Waals surface area contributed by atoms with Crippen LogP contribution in [0.5, 0.6) is 0 Å². The largest absolute Gasteiger partial charge is 0.325 e. The number of benzene rings is 3. The van der Waals surface area contributed by atoms with E-state index in [9.17, 15) is 4.79 Å². The van der Waals surface area contributed by atoms with Gasteiger partial charge in [0.25, 0.3) is 0 Å². The van der Waals surface area contributed by atoms with Gasteiger partial charge in [-0.1, -0.05) is 35.5 Å². The molecule has 0 aliphatic carbocycles. The Labute approximate surface area is 205 Å². The normalized spacial score (nSPS) is 11.1. The van der Waals surface area contributed by atoms with Gasteiger partial charge in [0.15, 0.2) is 0 Å². The Kier molecular flexibility index (Phi) is 6.12. The summed E-state index contributed by atoms with van der Waals surface area (Å²) < 4.78 is 2.84. The van der Waals surface area contributed by atoms with E-state index in [4.69, 9.17) is 4.98 Å². The molecule has 0 bridgehead atoms. The summed E-state index contributed by atoms with van der Waals surface area (Å²) in [6, 6.07) is 20.1. The summed E-state index contributed by atoms with van der Waals surface area (Å²) in [5, 5.41) is 16.4. The van der Waals surface area contributed by atoms with Gasteiger partial charge in [0, 0.05) is 11.3 Å². The molecule has 1 N–H and O–H groups in total. The van der Waals surface area contributed by atoms with Crippen molar-refractivity contribution in [2.45, 2.75) is 25.9 Å². The highest BCUT2D eigenvalue weighted by atomic mass is 32.2. The van der Waals surface area contributed by atoms with Crippen LogP contribution in [0.25, 0.3) is 26.5 Å². The number of nitrogens with one attached hydrogen (secondary N) is 1. The maximum Gasteiger partial charge on any atom is 0.234 e. The van der Waals surface area contributed by atoms with Gasteiger partial charge in [0.2, 0.25) is 11.1 Å². The van der Waals surface area contributed by atoms with Crippen LogP contribution in [0.1, 0.15) is 16.7 Å². The summed E-state index contributed by atoms with van der Waals surface area (Å²) in [4.78, 5) is 17.3. The molecule has 0 saturated carbocycles. The third-order valence-corrected chi connectivity index (χ3v) is 7.30. The van der Waals surface area contributed by atoms with Gasteiger partial charge in [0.05, 0.1) is 21.7 Å². The molecule has 0 radical (unpaired) electrons. The van der Waals surface area contributed by atoms with Gasteiger partial charge in [-0.3, -0.25) is 4.79 Å². The van der Waals surface area contributed by atoms with Crippen LogP contribution in [-0.4, -0.2) is 36.9 Å². The highest BCUT2D eigenvalue weighted by molar-refractivity contribution is 7.99. The number of hydrogen-bond acceptors (Lipinski definition) is 7. The quantitative estimate of drug-likeness (QED) is 0.315. The van der Waals surface area contributed by atoms with Crippen LogP contribution in [0, 0.1) is 20.8 Å². The summed E-state index contributed by atoms with van der Waals surface area (Å²) in [5.41, 5.74) is 7.14. The van der Waals surface area contributed by atoms with E-state index >= 15 is 0 Å². The first-order chi connectivity index (χ1) is 16.5. The van der Waals surface area contributed by atoms with E-state index in [1.165, 1.54) is 27.6 Å². The fourth-order valence-electron chi connectivity index (χ4n) is 3.64. The van der Waals surface area contributed by atoms with E-state index in [2.05, 4.69) is 46.0 Å². The van der Waals surface area contributed by atoms with Crippen molar-refractivity contribution in [1.82, 2.24) is 25.2 Å². The van der Waals surface area contributed by atoms with E-state index in [1.807, 2.05) is 56.3 Å². The number of anilines is 1. The molecule has 0 saturated heterocycles. The molecule has 1 amide bonds. The van der Waals surface area contributed by atoms with Crippen molar-refractivity contribution in [3.63, 3.8) is 0 Å². The summed E-state index contributed by atoms with van der Waals surface area (Å²) in [6.45, 7) is 6.14. The fraction of sp³-hybridized carbons (Fsp3) is 0.160. The van der Waals surface area contributed by atoms with Crippen molar-refractivity contribution in [3.05, 3.63) is 77.4 Å². The number of rotatable bonds is 6. The lowest BCUT2D eigenvalue weighted by Gasteiger charge is -2.09. The summed E-state index contributed by atoms with van der Waals surface area (Å²) in [5.74, 6) is 0.0768. The van der Waals surface area contributed by atoms with Crippen molar-refractivity contribution >= 4 is 44.9 Å². The maximum atomic E-state index is 12.6. The minimum Gasteiger partial charge on any atom is -0.325 e. The summed E-state index contributed by atoms with van der Waals surface area (Å²) in [6.07, 6.45) is 0. The van der Waals surface area contributed by atoms with Crippen LogP contribution < -0.4 is 5.32 Å². The molecule has 2 aromatic heterocycles. The minimum absolute atomic E-state index is 0.122. The average molecular weight is 487 g/mol. The molecule has 9 heteroatoms. The monoisotopic (exact) mass is 486 g/mol. The molecule has 0 aliphatic heterocycles. The first kappa shape index (κ1) is 22.2. The van der Waals surface area contributed by atoms with Crippen LogP contribution in [-0.2, 0) is 4.79 Å². The molecule has 2 heterocycles. The van der Waals surface area contributed by atoms with Gasteiger partial charge in [-0.2, -0.15) is 4.68 Å². The Hall–Kier alpha value is -3.56. The molecule has 0 aliphatic rings. The van der Waals surface area contributed by atoms with Gasteiger partial charge in [-0.15, -0.1) is 16.4 Å². The van der Waals surface area contributed by atoms with Gasteiger partial charge in [0.1, 0.15) is 5.01 Å². The first-order valence-corrected chi connectivity index (χ1v) is 12.5. The topological polar surface area (TPSA) is 85.6 Å². The van der Waals surface area contributed by atoms with Crippen LogP contribution in [0.4, 0.5) is 5.69 Å². The molecule has 5 aromatic rings. The molecule has 7 nitrogen and oxygen atoms in total. The van der Waals surface area contributed by atoms with E-state index in [0.717, 1.165) is 33.0 Å². The average Bonchev–Trinajstić information content (AvgIpc) is 3.45. The summed E-state index contributed by atoms with van der Waals surface area (Å²) in [7, 11) is 0. The fourth-order valence-corrected chi connectivity index (χ4v) is 5.39. The zero-order valence-corrected chi connectivity index (χ0v) is 20.6. The van der Waals surface area contributed by atoms with Gasteiger partial charge in [-0.25, -0.2) is 4.98 Å². The zero-order valence-electron chi connectivity index (χ0n) is 18.9. The Balaban J connectivity index is 1.23. The van der Waals surface area contributed by atoms with Gasteiger partial charge >= 0.3 is 0 Å². The summed E-state index contributed by atoms with van der Waals surface area (Å²) >= 11 is 2.97. The lowest BCUT2D eigenvalue weighted by Crippen LogP contribution is -2.14. The number of hydrogen-bond donors (Lipinski definition) is 1. The van der Waals surface area contributed by atoms with Crippen molar-refractivity contribution in [2.75, 3.05) is 11.1 Å². The molecule has 170 valence electrons. The number of amides is 1. The number of aryl methyl sites for hydroxylation is 3. The highest BCUT2D eigenvalue weighted by Gasteiger charge is 2.14.